The second kappa shape index (κ2) is 10.3. The highest BCUT2D eigenvalue weighted by Crippen LogP contribution is 2.32. The number of halogens is 2. The average molecular weight is 586 g/mol. The first-order valence-electron chi connectivity index (χ1n) is 9.06. The van der Waals surface area contributed by atoms with Crippen LogP contribution < -0.4 is 19.5 Å². The van der Waals surface area contributed by atoms with Crippen LogP contribution in [0.25, 0.3) is 0 Å². The maximum Gasteiger partial charge on any atom is 0.263 e. The van der Waals surface area contributed by atoms with Crippen LogP contribution in [0.5, 0.6) is 11.6 Å². The van der Waals surface area contributed by atoms with E-state index in [4.69, 9.17) is 9.47 Å². The number of hydrogen-bond acceptors (Lipinski definition) is 7. The van der Waals surface area contributed by atoms with Gasteiger partial charge < -0.3 is 14.8 Å². The number of hydrogen-bond donors (Lipinski definition) is 2. The third-order valence-electron chi connectivity index (χ3n) is 4.08. The van der Waals surface area contributed by atoms with Crippen molar-refractivity contribution in [3.8, 4) is 11.6 Å². The Bertz CT molecular complexity index is 1210. The minimum atomic E-state index is -3.93. The van der Waals surface area contributed by atoms with E-state index in [0.717, 1.165) is 14.5 Å². The topological polar surface area (TPSA) is 120 Å². The molecule has 1 amide bonds. The molecule has 0 aliphatic carbocycles. The summed E-state index contributed by atoms with van der Waals surface area (Å²) >= 11 is 6.80. The molecule has 12 heteroatoms. The van der Waals surface area contributed by atoms with Crippen LogP contribution in [-0.4, -0.2) is 38.0 Å². The average Bonchev–Trinajstić information content (AvgIpc) is 2.73. The van der Waals surface area contributed by atoms with E-state index in [9.17, 15) is 13.2 Å². The van der Waals surface area contributed by atoms with Crippen molar-refractivity contribution >= 4 is 59.3 Å². The maximum absolute atomic E-state index is 12.6. The fourth-order valence-electron chi connectivity index (χ4n) is 2.65. The monoisotopic (exact) mass is 584 g/mol. The SMILES string of the molecule is COc1nccnc1NS(=O)(=O)c1ccc(NC(=O)COc2c(C)cc(Br)cc2Br)cc1. The summed E-state index contributed by atoms with van der Waals surface area (Å²) in [5.41, 5.74) is 1.28. The van der Waals surface area contributed by atoms with Gasteiger partial charge in [0.25, 0.3) is 21.8 Å². The van der Waals surface area contributed by atoms with Crippen LogP contribution in [0.15, 0.2) is 62.6 Å². The van der Waals surface area contributed by atoms with Crippen molar-refractivity contribution in [2.24, 2.45) is 0 Å². The number of anilines is 2. The molecule has 9 nitrogen and oxygen atoms in total. The molecule has 32 heavy (non-hydrogen) atoms. The van der Waals surface area contributed by atoms with Crippen molar-refractivity contribution < 1.29 is 22.7 Å². The van der Waals surface area contributed by atoms with Crippen LogP contribution in [0.3, 0.4) is 0 Å². The van der Waals surface area contributed by atoms with E-state index >= 15 is 0 Å². The Kier molecular flexibility index (Phi) is 7.69. The van der Waals surface area contributed by atoms with Gasteiger partial charge in [-0.2, -0.15) is 0 Å². The summed E-state index contributed by atoms with van der Waals surface area (Å²) in [7, 11) is -2.57. The van der Waals surface area contributed by atoms with E-state index < -0.39 is 15.9 Å². The molecule has 0 aliphatic heterocycles. The summed E-state index contributed by atoms with van der Waals surface area (Å²) < 4.78 is 39.8. The molecule has 0 spiro atoms. The molecule has 0 bridgehead atoms. The molecule has 0 saturated heterocycles. The second-order valence-electron chi connectivity index (χ2n) is 6.41. The minimum Gasteiger partial charge on any atom is -0.482 e. The number of benzene rings is 2. The van der Waals surface area contributed by atoms with Gasteiger partial charge in [-0.25, -0.2) is 18.4 Å². The van der Waals surface area contributed by atoms with Gasteiger partial charge in [0.15, 0.2) is 6.61 Å². The van der Waals surface area contributed by atoms with Gasteiger partial charge in [0.1, 0.15) is 5.75 Å². The zero-order valence-electron chi connectivity index (χ0n) is 16.9. The Balaban J connectivity index is 1.63. The molecule has 1 aromatic heterocycles. The van der Waals surface area contributed by atoms with E-state index in [-0.39, 0.29) is 23.2 Å². The normalized spacial score (nSPS) is 11.0. The summed E-state index contributed by atoms with van der Waals surface area (Å²) in [6.07, 6.45) is 2.73. The van der Waals surface area contributed by atoms with Crippen molar-refractivity contribution in [1.82, 2.24) is 9.97 Å². The molecule has 0 aliphatic rings. The maximum atomic E-state index is 12.6. The molecule has 0 unspecified atom stereocenters. The summed E-state index contributed by atoms with van der Waals surface area (Å²) in [6, 6.07) is 9.36. The standard InChI is InChI=1S/C20H18Br2N4O5S/c1-12-9-13(21)10-16(22)18(12)31-11-17(27)25-14-3-5-15(6-4-14)32(28,29)26-19-20(30-2)24-8-7-23-19/h3-10H,11H2,1-2H3,(H,23,26)(H,25,27). The quantitative estimate of drug-likeness (QED) is 0.408. The van der Waals surface area contributed by atoms with Crippen LogP contribution in [0, 0.1) is 6.92 Å². The first kappa shape index (κ1) is 24.0. The van der Waals surface area contributed by atoms with Crippen LogP contribution in [-0.2, 0) is 14.8 Å². The molecule has 0 fully saturated rings. The summed E-state index contributed by atoms with van der Waals surface area (Å²) in [5, 5.41) is 2.66. The van der Waals surface area contributed by atoms with E-state index in [1.807, 2.05) is 19.1 Å². The number of aryl methyl sites for hydroxylation is 1. The summed E-state index contributed by atoms with van der Waals surface area (Å²) in [6.45, 7) is 1.65. The number of aromatic nitrogens is 2. The van der Waals surface area contributed by atoms with Crippen LogP contribution in [0.2, 0.25) is 0 Å². The van der Waals surface area contributed by atoms with Crippen molar-refractivity contribution in [2.75, 3.05) is 23.8 Å². The summed E-state index contributed by atoms with van der Waals surface area (Å²) in [5.74, 6) is 0.194. The first-order valence-corrected chi connectivity index (χ1v) is 12.1. The molecule has 2 aromatic carbocycles. The van der Waals surface area contributed by atoms with Gasteiger partial charge >= 0.3 is 0 Å². The first-order chi connectivity index (χ1) is 15.2. The lowest BCUT2D eigenvalue weighted by atomic mass is 10.2. The lowest BCUT2D eigenvalue weighted by Crippen LogP contribution is -2.20. The minimum absolute atomic E-state index is 0.0196. The fourth-order valence-corrected chi connectivity index (χ4v) is 5.21. The Morgan fingerprint density at radius 1 is 1.09 bits per heavy atom. The number of methoxy groups -OCH3 is 1. The predicted molar refractivity (Wildman–Crippen MR) is 127 cm³/mol. The smallest absolute Gasteiger partial charge is 0.263 e. The molecule has 3 aromatic rings. The van der Waals surface area contributed by atoms with Crippen LogP contribution in [0.4, 0.5) is 11.5 Å². The van der Waals surface area contributed by atoms with E-state index in [0.29, 0.717) is 11.4 Å². The Hall–Kier alpha value is -2.70. The third kappa shape index (κ3) is 5.96. The molecule has 0 saturated carbocycles. The zero-order chi connectivity index (χ0) is 23.3. The number of carbonyl (C=O) groups excluding carboxylic acids is 1. The molecular weight excluding hydrogens is 568 g/mol. The van der Waals surface area contributed by atoms with Gasteiger partial charge in [-0.05, 0) is 64.8 Å². The summed E-state index contributed by atoms with van der Waals surface area (Å²) in [4.78, 5) is 20.1. The van der Waals surface area contributed by atoms with Gasteiger partial charge in [0.2, 0.25) is 5.82 Å². The highest BCUT2D eigenvalue weighted by atomic mass is 79.9. The number of nitrogens with zero attached hydrogens (tertiary/aromatic N) is 2. The number of rotatable bonds is 8. The molecule has 0 atom stereocenters. The van der Waals surface area contributed by atoms with E-state index in [1.54, 1.807) is 0 Å². The van der Waals surface area contributed by atoms with Gasteiger partial charge in [-0.15, -0.1) is 0 Å². The zero-order valence-corrected chi connectivity index (χ0v) is 20.9. The van der Waals surface area contributed by atoms with E-state index in [2.05, 4.69) is 51.9 Å². The lowest BCUT2D eigenvalue weighted by molar-refractivity contribution is -0.118. The van der Waals surface area contributed by atoms with Crippen molar-refractivity contribution in [2.45, 2.75) is 11.8 Å². The molecule has 3 rings (SSSR count). The molecular formula is C20H18Br2N4O5S. The second-order valence-corrected chi connectivity index (χ2v) is 9.87. The van der Waals surface area contributed by atoms with Crippen LogP contribution >= 0.6 is 31.9 Å². The molecule has 1 heterocycles. The Morgan fingerprint density at radius 2 is 1.78 bits per heavy atom. The number of ether oxygens (including phenoxy) is 2. The number of amides is 1. The van der Waals surface area contributed by atoms with Crippen molar-refractivity contribution in [3.63, 3.8) is 0 Å². The Labute approximate surface area is 201 Å². The number of carbonyl (C=O) groups is 1. The number of sulfonamides is 1. The fraction of sp³-hybridized carbons (Fsp3) is 0.150. The van der Waals surface area contributed by atoms with Gasteiger partial charge in [0.05, 0.1) is 16.5 Å². The largest absolute Gasteiger partial charge is 0.482 e. The van der Waals surface area contributed by atoms with Crippen LogP contribution in [0.1, 0.15) is 5.56 Å². The highest BCUT2D eigenvalue weighted by Gasteiger charge is 2.18. The van der Waals surface area contributed by atoms with E-state index in [1.165, 1.54) is 43.8 Å². The van der Waals surface area contributed by atoms with Gasteiger partial charge in [-0.1, -0.05) is 15.9 Å². The van der Waals surface area contributed by atoms with Gasteiger partial charge in [-0.3, -0.25) is 9.52 Å². The molecule has 0 radical (unpaired) electrons. The third-order valence-corrected chi connectivity index (χ3v) is 6.48. The highest BCUT2D eigenvalue weighted by molar-refractivity contribution is 9.11. The van der Waals surface area contributed by atoms with Crippen molar-refractivity contribution in [1.29, 1.82) is 0 Å². The Morgan fingerprint density at radius 3 is 2.44 bits per heavy atom. The lowest BCUT2D eigenvalue weighted by Gasteiger charge is -2.12. The van der Waals surface area contributed by atoms with Gasteiger partial charge in [0, 0.05) is 22.6 Å². The predicted octanol–water partition coefficient (Wildman–Crippen LogP) is 4.14. The number of nitrogens with one attached hydrogen (secondary N) is 2. The van der Waals surface area contributed by atoms with Crippen molar-refractivity contribution in [3.05, 3.63) is 63.3 Å². The molecule has 168 valence electrons. The molecule has 2 N–H and O–H groups in total.